The Hall–Kier alpha value is -10.2. The number of aliphatic hydroxyl groups is 2. The van der Waals surface area contributed by atoms with Crippen LogP contribution in [0.4, 0.5) is 0 Å². The van der Waals surface area contributed by atoms with Crippen LogP contribution in [0.1, 0.15) is 350 Å². The molecule has 2 aromatic heterocycles. The fourth-order valence-electron chi connectivity index (χ4n) is 17.1. The van der Waals surface area contributed by atoms with E-state index in [-0.39, 0.29) is 149 Å². The monoisotopic (exact) mass is 2000 g/mol. The van der Waals surface area contributed by atoms with Gasteiger partial charge in [-0.3, -0.25) is 86.5 Å². The SMILES string of the molecule is CCCCCCCCCCCCCCCC(=O)N[C@@H](CCCCN)C(=O)C[C@@H](CC(C)C)C(=O)N[C@@H](CO)C(=O)C[C@@H](Cc1cnc[nH]1)C(=O)N[C@@H](CO)C(=O)C[C@@H](CCCCN)C(=O)NCC(=O)C[C@@H](Cc1cnc[nH]1)C(=O)N[C@@H](CCC(N)=O)C(=O)C[C@H](C)CCCCN.CCCCC[C@H](NC(=O)[C@@H](CC(=O)[C@H](C)NC(=O)C(CCCCN)CC(=O)C(CCCN=C(N)N)NC(C)=O)CC(C)C)C(N)=O. The first kappa shape index (κ1) is 130. The standard InChI is InChI=1S/C70H121N13O13.C32H60N8O6/c1-5-6-7-8-9-10-11-12-13-14-15-16-17-27-66(92)80-57(26-20-23-32-73)62(88)39-51(33-48(2)3)68(94)82-60(45-85)64(90)40-53(36-55-42-76-47-79-55)70(96)83-59(44-84)63(89)38-50(25-19-22-31-72)67(93)77-43-56(86)37-52(35-54-41-75-46-78-54)69(95)81-58(28-29-65(74)91)61(87)34-49(4)24-18-21-30-71;1-6-7-8-13-26(29(34)44)40-31(46)24(17-20(2)3)19-27(42)21(4)38-30(45)23(12-9-10-15-33)18-28(43)25(39-22(5)41)14-11-16-37-32(35)36/h41-42,46-53,57-60,84-85H,5-40,43-45,71-73H2,1-4H3,(H2,74,91)(H,75,78)(H,76,79)(H,77,93)(H,80,92)(H,81,95)(H,82,94)(H,83,96);20-21,23-26H,6-19,33H2,1-5H3,(H2,34,44)(H,38,45)(H,39,41)(H,40,46)(H4,35,36,37)/t49-,50-,51-,52-,53-,57+,58+,59+,60+;21-,23?,24+,25?,26-/m10/s1. The van der Waals surface area contributed by atoms with Crippen LogP contribution in [0.2, 0.25) is 0 Å². The van der Waals surface area contributed by atoms with Crippen LogP contribution in [0.3, 0.4) is 0 Å². The first-order valence-electron chi connectivity index (χ1n) is 52.3. The van der Waals surface area contributed by atoms with Crippen molar-refractivity contribution < 1.29 is 91.7 Å². The number of carbonyl (C=O) groups is 17. The number of aliphatic hydroxyl groups excluding tert-OH is 2. The summed E-state index contributed by atoms with van der Waals surface area (Å²) in [6.07, 6.45) is 29.7. The number of nitrogens with zero attached hydrogens (tertiary/aromatic N) is 3. The van der Waals surface area contributed by atoms with Gasteiger partial charge < -0.3 is 109 Å². The molecule has 40 nitrogen and oxygen atoms in total. The van der Waals surface area contributed by atoms with Crippen LogP contribution in [0.15, 0.2) is 30.0 Å². The number of carbonyl (C=O) groups excluding carboxylic acids is 17. The predicted octanol–water partition coefficient (Wildman–Crippen LogP) is 5.96. The maximum Gasteiger partial charge on any atom is 0.239 e. The van der Waals surface area contributed by atoms with E-state index in [1.54, 1.807) is 6.92 Å². The van der Waals surface area contributed by atoms with Gasteiger partial charge in [0.05, 0.1) is 68.4 Å². The summed E-state index contributed by atoms with van der Waals surface area (Å²) in [6, 6.07) is -7.59. The third-order valence-electron chi connectivity index (χ3n) is 25.3. The van der Waals surface area contributed by atoms with E-state index in [0.717, 1.165) is 57.8 Å². The molecule has 14 atom stereocenters. The number of ketones is 7. The lowest BCUT2D eigenvalue weighted by molar-refractivity contribution is -0.136. The molecule has 0 aliphatic carbocycles. The van der Waals surface area contributed by atoms with Crippen molar-refractivity contribution in [1.82, 2.24) is 62.5 Å². The lowest BCUT2D eigenvalue weighted by Crippen LogP contribution is -2.50. The first-order valence-corrected chi connectivity index (χ1v) is 52.3. The number of aromatic nitrogens is 4. The molecule has 0 radical (unpaired) electrons. The smallest absolute Gasteiger partial charge is 0.239 e. The molecule has 808 valence electrons. The predicted molar refractivity (Wildman–Crippen MR) is 547 cm³/mol. The number of primary amides is 2. The minimum Gasteiger partial charge on any atom is -0.394 e. The van der Waals surface area contributed by atoms with Crippen molar-refractivity contribution >= 4 is 106 Å². The van der Waals surface area contributed by atoms with E-state index in [1.807, 2.05) is 41.5 Å². The van der Waals surface area contributed by atoms with Gasteiger partial charge in [0.25, 0.3) is 0 Å². The van der Waals surface area contributed by atoms with E-state index in [0.29, 0.717) is 108 Å². The number of amides is 10. The Morgan fingerprint density at radius 2 is 0.732 bits per heavy atom. The summed E-state index contributed by atoms with van der Waals surface area (Å²) in [7, 11) is 0. The molecule has 10 amide bonds. The highest BCUT2D eigenvalue weighted by Gasteiger charge is 2.38. The minimum absolute atomic E-state index is 0.000312. The first-order chi connectivity index (χ1) is 67.7. The molecule has 2 heterocycles. The van der Waals surface area contributed by atoms with Gasteiger partial charge in [-0.1, -0.05) is 170 Å². The normalized spacial score (nSPS) is 14.3. The second-order valence-electron chi connectivity index (χ2n) is 39.3. The van der Waals surface area contributed by atoms with Crippen molar-refractivity contribution in [2.75, 3.05) is 52.5 Å². The van der Waals surface area contributed by atoms with Crippen molar-refractivity contribution in [2.24, 2.45) is 104 Å². The number of guanidine groups is 1. The van der Waals surface area contributed by atoms with E-state index in [2.05, 4.69) is 74.4 Å². The van der Waals surface area contributed by atoms with Gasteiger partial charge in [0.15, 0.2) is 46.4 Å². The maximum absolute atomic E-state index is 14.3. The number of hydrogen-bond donors (Lipinski definition) is 20. The highest BCUT2D eigenvalue weighted by atomic mass is 16.3. The molecular formula is C102H181N21O19. The van der Waals surface area contributed by atoms with Crippen LogP contribution < -0.4 is 88.4 Å². The van der Waals surface area contributed by atoms with Crippen molar-refractivity contribution in [3.05, 3.63) is 36.4 Å². The Kier molecular flexibility index (Phi) is 71.6. The number of nitrogens with one attached hydrogen (secondary N) is 10. The largest absolute Gasteiger partial charge is 0.394 e. The topological polar surface area (TPSA) is 705 Å². The molecular weight excluding hydrogens is 1820 g/mol. The summed E-state index contributed by atoms with van der Waals surface area (Å²) in [4.78, 5) is 246. The second kappa shape index (κ2) is 78.3. The molecule has 2 unspecified atom stereocenters. The minimum atomic E-state index is -1.58. The van der Waals surface area contributed by atoms with Gasteiger partial charge in [0, 0.05) is 132 Å². The third kappa shape index (κ3) is 60.4. The molecule has 0 saturated heterocycles. The molecule has 28 N–H and O–H groups in total. The third-order valence-corrected chi connectivity index (χ3v) is 25.3. The fraction of sp³-hybridized carbons (Fsp3) is 0.765. The molecule has 0 aromatic carbocycles. The molecule has 0 aliphatic rings. The van der Waals surface area contributed by atoms with Gasteiger partial charge in [0.1, 0.15) is 18.1 Å². The molecule has 142 heavy (non-hydrogen) atoms. The molecule has 0 aliphatic heterocycles. The molecule has 0 spiro atoms. The van der Waals surface area contributed by atoms with Gasteiger partial charge in [0.2, 0.25) is 59.1 Å². The summed E-state index contributed by atoms with van der Waals surface area (Å²) in [6.45, 7) is 16.2. The Morgan fingerprint density at radius 1 is 0.366 bits per heavy atom. The van der Waals surface area contributed by atoms with Gasteiger partial charge in [-0.15, -0.1) is 0 Å². The number of aliphatic imine (C=N–C) groups is 1. The maximum atomic E-state index is 14.3. The van der Waals surface area contributed by atoms with Crippen LogP contribution in [-0.4, -0.2) is 230 Å². The van der Waals surface area contributed by atoms with Gasteiger partial charge in [-0.2, -0.15) is 0 Å². The Balaban J connectivity index is 0.00000183. The Labute approximate surface area is 842 Å². The zero-order valence-electron chi connectivity index (χ0n) is 86.8. The number of nitrogens with two attached hydrogens (primary N) is 8. The molecule has 2 aromatic rings. The van der Waals surface area contributed by atoms with E-state index in [9.17, 15) is 91.7 Å². The number of H-pyrrole nitrogens is 2. The molecule has 40 heteroatoms. The number of rotatable bonds is 87. The highest BCUT2D eigenvalue weighted by Crippen LogP contribution is 2.27. The van der Waals surface area contributed by atoms with Crippen molar-refractivity contribution in [3.63, 3.8) is 0 Å². The lowest BCUT2D eigenvalue weighted by Gasteiger charge is -2.25. The Morgan fingerprint density at radius 3 is 1.18 bits per heavy atom. The van der Waals surface area contributed by atoms with Crippen LogP contribution >= 0.6 is 0 Å². The van der Waals surface area contributed by atoms with E-state index in [4.69, 9.17) is 45.9 Å². The summed E-state index contributed by atoms with van der Waals surface area (Å²) in [5.74, 6) is -14.9. The number of imidazole rings is 2. The number of Topliss-reactive ketones (excluding diaryl/α,β-unsaturated/α-hetero) is 7. The molecule has 2 rings (SSSR count). The van der Waals surface area contributed by atoms with Crippen molar-refractivity contribution in [3.8, 4) is 0 Å². The highest BCUT2D eigenvalue weighted by molar-refractivity contribution is 6.00. The van der Waals surface area contributed by atoms with Gasteiger partial charge >= 0.3 is 0 Å². The van der Waals surface area contributed by atoms with E-state index in [1.165, 1.54) is 89.8 Å². The van der Waals surface area contributed by atoms with Crippen molar-refractivity contribution in [2.45, 2.75) is 394 Å². The van der Waals surface area contributed by atoms with Gasteiger partial charge in [-0.05, 0) is 147 Å². The van der Waals surface area contributed by atoms with E-state index >= 15 is 0 Å². The zero-order chi connectivity index (χ0) is 106. The van der Waals surface area contributed by atoms with Crippen LogP contribution in [0, 0.1) is 53.3 Å². The fourth-order valence-corrected chi connectivity index (χ4v) is 17.1. The number of hydrogen-bond acceptors (Lipinski definition) is 26. The summed E-state index contributed by atoms with van der Waals surface area (Å²) >= 11 is 0. The van der Waals surface area contributed by atoms with Crippen molar-refractivity contribution in [1.29, 1.82) is 0 Å². The van der Waals surface area contributed by atoms with Crippen LogP contribution in [-0.2, 0) is 94.3 Å². The molecule has 0 bridgehead atoms. The van der Waals surface area contributed by atoms with Crippen LogP contribution in [0.5, 0.6) is 0 Å². The van der Waals surface area contributed by atoms with Crippen LogP contribution in [0.25, 0.3) is 0 Å². The zero-order valence-corrected chi connectivity index (χ0v) is 86.8. The van der Waals surface area contributed by atoms with E-state index < -0.39 is 181 Å². The lowest BCUT2D eigenvalue weighted by atomic mass is 9.88. The second-order valence-corrected chi connectivity index (χ2v) is 39.3. The summed E-state index contributed by atoms with van der Waals surface area (Å²) < 4.78 is 0. The average Bonchev–Trinajstić information content (AvgIpc) is 1.53. The average molecular weight is 2010 g/mol. The molecule has 0 fully saturated rings. The van der Waals surface area contributed by atoms with Gasteiger partial charge in [-0.25, -0.2) is 9.97 Å². The molecule has 0 saturated carbocycles. The number of unbranched alkanes of at least 4 members (excludes halogenated alkanes) is 18. The Bertz CT molecular complexity index is 4030. The summed E-state index contributed by atoms with van der Waals surface area (Å²) in [5, 5.41) is 42.7. The summed E-state index contributed by atoms with van der Waals surface area (Å²) in [5.41, 5.74) is 45.4. The number of aromatic amines is 2. The quantitative estimate of drug-likeness (QED) is 0.0206.